The number of hydrogen-bond acceptors (Lipinski definition) is 1. The van der Waals surface area contributed by atoms with Gasteiger partial charge in [0.2, 0.25) is 0 Å². The third kappa shape index (κ3) is 5.73. The highest BCUT2D eigenvalue weighted by Crippen LogP contribution is 2.57. The quantitative estimate of drug-likeness (QED) is 0.151. The molecule has 0 radical (unpaired) electrons. The van der Waals surface area contributed by atoms with Gasteiger partial charge in [-0.15, -0.1) is 0 Å². The van der Waals surface area contributed by atoms with E-state index in [1.165, 1.54) is 6.07 Å². The summed E-state index contributed by atoms with van der Waals surface area (Å²) in [6.07, 6.45) is 0. The smallest absolute Gasteiger partial charge is 0.0714 e. The molecule has 0 atom stereocenters. The van der Waals surface area contributed by atoms with Gasteiger partial charge < -0.3 is 4.90 Å². The van der Waals surface area contributed by atoms with Crippen LogP contribution in [0.5, 0.6) is 0 Å². The molecule has 0 bridgehead atoms. The van der Waals surface area contributed by atoms with Crippen molar-refractivity contribution in [2.75, 3.05) is 4.90 Å². The van der Waals surface area contributed by atoms with Crippen LogP contribution in [0.25, 0.3) is 44.5 Å². The summed E-state index contributed by atoms with van der Waals surface area (Å²) in [5.74, 6) is 0. The minimum absolute atomic E-state index is 0.0904. The van der Waals surface area contributed by atoms with E-state index in [2.05, 4.69) is 78.9 Å². The Morgan fingerprint density at radius 2 is 0.804 bits per heavy atom. The Bertz CT molecular complexity index is 3170. The van der Waals surface area contributed by atoms with Crippen LogP contribution in [0, 0.1) is 0 Å². The third-order valence-corrected chi connectivity index (χ3v) is 10.7. The van der Waals surface area contributed by atoms with E-state index in [1.807, 2.05) is 83.8 Å². The van der Waals surface area contributed by atoms with Crippen LogP contribution in [0.4, 0.5) is 17.1 Å². The van der Waals surface area contributed by atoms with E-state index in [1.54, 1.807) is 12.1 Å². The predicted molar refractivity (Wildman–Crippen MR) is 235 cm³/mol. The monoisotopic (exact) mass is 723 g/mol. The highest BCUT2D eigenvalue weighted by Gasteiger charge is 2.46. The maximum Gasteiger partial charge on any atom is 0.0714 e. The van der Waals surface area contributed by atoms with Crippen molar-refractivity contribution in [2.24, 2.45) is 0 Å². The maximum atomic E-state index is 9.05. The summed E-state index contributed by atoms with van der Waals surface area (Å²) >= 11 is 0. The minimum Gasteiger partial charge on any atom is -0.310 e. The summed E-state index contributed by atoms with van der Waals surface area (Å²) in [6, 6.07) is 53.8. The van der Waals surface area contributed by atoms with Gasteiger partial charge >= 0.3 is 0 Å². The summed E-state index contributed by atoms with van der Waals surface area (Å²) in [6.45, 7) is 0. The molecule has 9 aromatic rings. The highest BCUT2D eigenvalue weighted by molar-refractivity contribution is 5.91. The molecule has 0 N–H and O–H groups in total. The summed E-state index contributed by atoms with van der Waals surface area (Å²) in [5, 5.41) is 0. The van der Waals surface area contributed by atoms with Crippen molar-refractivity contribution in [3.63, 3.8) is 0 Å². The van der Waals surface area contributed by atoms with Gasteiger partial charge in [-0.2, -0.15) is 0 Å². The second-order valence-electron chi connectivity index (χ2n) is 13.8. The molecule has 0 unspecified atom stereocenters. The second-order valence-corrected chi connectivity index (χ2v) is 13.8. The van der Waals surface area contributed by atoms with Gasteiger partial charge in [-0.05, 0) is 109 Å². The molecular formula is C55H39N. The van der Waals surface area contributed by atoms with Crippen LogP contribution in [0.2, 0.25) is 0 Å². The number of rotatable bonds is 8. The largest absolute Gasteiger partial charge is 0.310 e. The molecule has 9 aromatic carbocycles. The zero-order valence-corrected chi connectivity index (χ0v) is 30.2. The molecule has 10 rings (SSSR count). The van der Waals surface area contributed by atoms with E-state index in [9.17, 15) is 0 Å². The van der Waals surface area contributed by atoms with Crippen LogP contribution < -0.4 is 4.90 Å². The Labute approximate surface area is 343 Å². The molecule has 0 spiro atoms. The van der Waals surface area contributed by atoms with Gasteiger partial charge in [-0.3, -0.25) is 0 Å². The zero-order valence-electron chi connectivity index (χ0n) is 40.2. The van der Waals surface area contributed by atoms with Gasteiger partial charge in [0, 0.05) is 17.1 Å². The zero-order chi connectivity index (χ0) is 46.0. The van der Waals surface area contributed by atoms with E-state index in [0.29, 0.717) is 11.4 Å². The Kier molecular flexibility index (Phi) is 6.15. The van der Waals surface area contributed by atoms with Gasteiger partial charge in [0.05, 0.1) is 19.1 Å². The van der Waals surface area contributed by atoms with Crippen molar-refractivity contribution in [1.29, 1.82) is 0 Å². The second kappa shape index (κ2) is 14.2. The van der Waals surface area contributed by atoms with Crippen molar-refractivity contribution in [2.45, 2.75) is 5.41 Å². The van der Waals surface area contributed by atoms with Gasteiger partial charge in [-0.1, -0.05) is 194 Å². The highest BCUT2D eigenvalue weighted by atomic mass is 15.1. The summed E-state index contributed by atoms with van der Waals surface area (Å²) in [7, 11) is 0. The average molecular weight is 724 g/mol. The topological polar surface area (TPSA) is 3.24 Å². The standard InChI is InChI=1S/C55H39N/c1-6-18-40(19-7-1)43-30-32-48(33-31-43)56(50-37-44(41-20-8-2-9-21-41)36-45(38-50)42-22-10-3-11-23-42)49-34-35-52-51-28-16-17-29-53(51)55(54(52)39-49,46-24-12-4-13-25-46)47-26-14-5-15-27-47/h1-39H/i2D,3D,8D,9D,10D,11D,20D,21D,22D,23D. The van der Waals surface area contributed by atoms with Crippen LogP contribution in [-0.4, -0.2) is 0 Å². The Hall–Kier alpha value is -7.22. The fourth-order valence-electron chi connectivity index (χ4n) is 8.27. The molecular weight excluding hydrogens is 675 g/mol. The first-order valence-electron chi connectivity index (χ1n) is 23.5. The van der Waals surface area contributed by atoms with Crippen molar-refractivity contribution in [1.82, 2.24) is 0 Å². The molecule has 0 amide bonds. The van der Waals surface area contributed by atoms with Gasteiger partial charge in [-0.25, -0.2) is 0 Å². The first kappa shape index (κ1) is 24.2. The van der Waals surface area contributed by atoms with E-state index >= 15 is 0 Å². The third-order valence-electron chi connectivity index (χ3n) is 10.7. The predicted octanol–water partition coefficient (Wildman–Crippen LogP) is 14.5. The molecule has 0 fully saturated rings. The summed E-state index contributed by atoms with van der Waals surface area (Å²) in [5.41, 5.74) is 9.79. The summed E-state index contributed by atoms with van der Waals surface area (Å²) in [4.78, 5) is 2.01. The lowest BCUT2D eigenvalue weighted by atomic mass is 9.67. The number of nitrogens with zero attached hydrogens (tertiary/aromatic N) is 1. The van der Waals surface area contributed by atoms with Crippen molar-refractivity contribution in [3.8, 4) is 44.5 Å². The van der Waals surface area contributed by atoms with Crippen LogP contribution in [0.3, 0.4) is 0 Å². The normalized spacial score (nSPS) is 14.9. The molecule has 0 saturated heterocycles. The first-order valence-corrected chi connectivity index (χ1v) is 18.5. The number of anilines is 3. The Morgan fingerprint density at radius 1 is 0.321 bits per heavy atom. The number of benzene rings is 9. The Morgan fingerprint density at radius 3 is 1.39 bits per heavy atom. The molecule has 1 aliphatic rings. The molecule has 0 heterocycles. The van der Waals surface area contributed by atoms with Crippen molar-refractivity contribution < 1.29 is 13.7 Å². The Balaban J connectivity index is 1.30. The van der Waals surface area contributed by atoms with E-state index in [4.69, 9.17) is 13.7 Å². The fourth-order valence-corrected chi connectivity index (χ4v) is 8.27. The lowest BCUT2D eigenvalue weighted by molar-refractivity contribution is 0.768. The fraction of sp³-hybridized carbons (Fsp3) is 0.0182. The number of fused-ring (bicyclic) bond motifs is 3. The van der Waals surface area contributed by atoms with Crippen LogP contribution in [0.1, 0.15) is 36.0 Å². The van der Waals surface area contributed by atoms with Crippen LogP contribution >= 0.6 is 0 Å². The minimum atomic E-state index is -0.749. The van der Waals surface area contributed by atoms with E-state index in [0.717, 1.165) is 50.2 Å². The van der Waals surface area contributed by atoms with Crippen molar-refractivity contribution in [3.05, 3.63) is 259 Å². The molecule has 0 aliphatic heterocycles. The first-order chi connectivity index (χ1) is 31.9. The lowest BCUT2D eigenvalue weighted by Gasteiger charge is -2.35. The molecule has 1 heteroatoms. The molecule has 264 valence electrons. The SMILES string of the molecule is [2H]c1c([2H])c([2H])c(-c2cc(-c3c([2H])c([2H])c([2H])c([2H])c3[2H])cc(N(c3ccc(-c4ccccc4)cc3)c3ccc4c(c3)C(c3ccccc3)(c3ccccc3)c3ccccc3-4)c2)c([2H])c1[2H]. The van der Waals surface area contributed by atoms with Gasteiger partial charge in [0.25, 0.3) is 0 Å². The molecule has 56 heavy (non-hydrogen) atoms. The van der Waals surface area contributed by atoms with E-state index in [-0.39, 0.29) is 22.3 Å². The van der Waals surface area contributed by atoms with Crippen LogP contribution in [-0.2, 0) is 5.41 Å². The van der Waals surface area contributed by atoms with Crippen LogP contribution in [0.15, 0.2) is 236 Å². The molecule has 1 nitrogen and oxygen atoms in total. The van der Waals surface area contributed by atoms with Crippen molar-refractivity contribution >= 4 is 17.1 Å². The molecule has 1 aliphatic carbocycles. The molecule has 0 aromatic heterocycles. The molecule has 0 saturated carbocycles. The maximum absolute atomic E-state index is 9.05. The van der Waals surface area contributed by atoms with Gasteiger partial charge in [0.1, 0.15) is 0 Å². The average Bonchev–Trinajstić information content (AvgIpc) is 3.65. The van der Waals surface area contributed by atoms with E-state index < -0.39 is 65.8 Å². The van der Waals surface area contributed by atoms with Gasteiger partial charge in [0.15, 0.2) is 0 Å². The lowest BCUT2D eigenvalue weighted by Crippen LogP contribution is -2.28. The number of hydrogen-bond donors (Lipinski definition) is 0. The summed E-state index contributed by atoms with van der Waals surface area (Å²) < 4.78 is 87.4.